The van der Waals surface area contributed by atoms with Gasteiger partial charge >= 0.3 is 0 Å². The van der Waals surface area contributed by atoms with Crippen molar-refractivity contribution in [3.8, 4) is 28.3 Å². The molecule has 9 heteroatoms. The number of aromatic amines is 1. The molecule has 2 aromatic carbocycles. The van der Waals surface area contributed by atoms with Gasteiger partial charge in [-0.1, -0.05) is 36.4 Å². The maximum Gasteiger partial charge on any atom is 0.193 e. The molecule has 8 nitrogen and oxygen atoms in total. The standard InChI is InChI=1S/C28H28FN3O5/c1-34-11-10-30-19-8-6-17(7-9-19)16-2-4-18(5-3-16)26-20(29)12-21-22(32-26)13-25(31-21)37-24-15-36-27-23(33)14-35-28(24)27/h2-9,12-13,23-24,27-28,30-31,33H,10-11,14-15H2,1H3/t23-,24-,27-,28-/m1/s1. The van der Waals surface area contributed by atoms with E-state index in [0.29, 0.717) is 35.7 Å². The number of nitrogens with one attached hydrogen (secondary N) is 2. The minimum atomic E-state index is -0.645. The molecule has 0 saturated carbocycles. The van der Waals surface area contributed by atoms with Crippen LogP contribution >= 0.6 is 0 Å². The molecule has 0 bridgehead atoms. The summed E-state index contributed by atoms with van der Waals surface area (Å²) in [5, 5.41) is 13.2. The summed E-state index contributed by atoms with van der Waals surface area (Å²) in [6.07, 6.45) is -1.71. The highest BCUT2D eigenvalue weighted by Gasteiger charge is 2.48. The van der Waals surface area contributed by atoms with Crippen LogP contribution in [0.25, 0.3) is 33.4 Å². The highest BCUT2D eigenvalue weighted by Crippen LogP contribution is 2.32. The number of fused-ring (bicyclic) bond motifs is 2. The predicted molar refractivity (Wildman–Crippen MR) is 137 cm³/mol. The van der Waals surface area contributed by atoms with Crippen LogP contribution in [0.3, 0.4) is 0 Å². The first kappa shape index (κ1) is 23.9. The normalized spacial score (nSPS) is 22.9. The third kappa shape index (κ3) is 4.78. The first-order valence-electron chi connectivity index (χ1n) is 12.3. The maximum absolute atomic E-state index is 15.0. The van der Waals surface area contributed by atoms with Gasteiger partial charge in [0, 0.05) is 37.0 Å². The van der Waals surface area contributed by atoms with Crippen molar-refractivity contribution in [1.82, 2.24) is 9.97 Å². The minimum Gasteiger partial charge on any atom is -0.470 e. The highest BCUT2D eigenvalue weighted by molar-refractivity contribution is 5.81. The Balaban J connectivity index is 1.18. The number of hydrogen-bond donors (Lipinski definition) is 3. The van der Waals surface area contributed by atoms with Crippen molar-refractivity contribution in [2.75, 3.05) is 38.8 Å². The van der Waals surface area contributed by atoms with Gasteiger partial charge in [0.2, 0.25) is 0 Å². The maximum atomic E-state index is 15.0. The molecule has 4 heterocycles. The van der Waals surface area contributed by atoms with Gasteiger partial charge in [0.1, 0.15) is 24.0 Å². The van der Waals surface area contributed by atoms with Crippen molar-refractivity contribution in [2.45, 2.75) is 24.4 Å². The zero-order chi connectivity index (χ0) is 25.4. The number of aromatic nitrogens is 2. The summed E-state index contributed by atoms with van der Waals surface area (Å²) in [6, 6.07) is 19.0. The molecule has 0 unspecified atom stereocenters. The fraction of sp³-hybridized carbons (Fsp3) is 0.321. The number of aliphatic hydroxyl groups excluding tert-OH is 1. The molecule has 192 valence electrons. The van der Waals surface area contributed by atoms with E-state index < -0.39 is 11.9 Å². The van der Waals surface area contributed by atoms with Crippen LogP contribution in [0.4, 0.5) is 10.1 Å². The molecular weight excluding hydrogens is 477 g/mol. The number of benzene rings is 2. The largest absolute Gasteiger partial charge is 0.470 e. The molecule has 2 saturated heterocycles. The van der Waals surface area contributed by atoms with Crippen molar-refractivity contribution >= 4 is 16.7 Å². The van der Waals surface area contributed by atoms with Crippen molar-refractivity contribution in [1.29, 1.82) is 0 Å². The zero-order valence-electron chi connectivity index (χ0n) is 20.3. The monoisotopic (exact) mass is 505 g/mol. The van der Waals surface area contributed by atoms with Crippen LogP contribution in [0, 0.1) is 5.82 Å². The predicted octanol–water partition coefficient (Wildman–Crippen LogP) is 4.00. The first-order chi connectivity index (χ1) is 18.1. The summed E-state index contributed by atoms with van der Waals surface area (Å²) in [5.74, 6) is 0.0282. The van der Waals surface area contributed by atoms with E-state index in [2.05, 4.69) is 15.3 Å². The summed E-state index contributed by atoms with van der Waals surface area (Å²) in [5.41, 5.74) is 5.21. The second-order valence-electron chi connectivity index (χ2n) is 9.28. The van der Waals surface area contributed by atoms with Gasteiger partial charge in [-0.2, -0.15) is 0 Å². The quantitative estimate of drug-likeness (QED) is 0.312. The van der Waals surface area contributed by atoms with Crippen molar-refractivity contribution in [3.05, 3.63) is 66.5 Å². The molecule has 6 rings (SSSR count). The smallest absolute Gasteiger partial charge is 0.193 e. The summed E-state index contributed by atoms with van der Waals surface area (Å²) in [4.78, 5) is 7.63. The van der Waals surface area contributed by atoms with Gasteiger partial charge in [-0.15, -0.1) is 0 Å². The number of pyridine rings is 1. The Bertz CT molecular complexity index is 1380. The Morgan fingerprint density at radius 3 is 2.46 bits per heavy atom. The number of methoxy groups -OCH3 is 1. The lowest BCUT2D eigenvalue weighted by Gasteiger charge is -2.16. The van der Waals surface area contributed by atoms with E-state index in [4.69, 9.17) is 18.9 Å². The fourth-order valence-electron chi connectivity index (χ4n) is 4.88. The molecule has 2 aliphatic heterocycles. The van der Waals surface area contributed by atoms with Crippen LogP contribution in [0.1, 0.15) is 0 Å². The second-order valence-corrected chi connectivity index (χ2v) is 9.28. The van der Waals surface area contributed by atoms with Crippen molar-refractivity contribution in [3.63, 3.8) is 0 Å². The van der Waals surface area contributed by atoms with Crippen molar-refractivity contribution < 1.29 is 28.4 Å². The number of halogens is 1. The van der Waals surface area contributed by atoms with Gasteiger partial charge in [0.15, 0.2) is 17.8 Å². The van der Waals surface area contributed by atoms with Crippen LogP contribution in [0.2, 0.25) is 0 Å². The van der Waals surface area contributed by atoms with Crippen molar-refractivity contribution in [2.24, 2.45) is 0 Å². The topological polar surface area (TPSA) is 97.9 Å². The van der Waals surface area contributed by atoms with E-state index in [1.165, 1.54) is 6.07 Å². The second kappa shape index (κ2) is 10.1. The van der Waals surface area contributed by atoms with E-state index in [0.717, 1.165) is 23.4 Å². The third-order valence-electron chi connectivity index (χ3n) is 6.80. The van der Waals surface area contributed by atoms with E-state index in [-0.39, 0.29) is 30.6 Å². The van der Waals surface area contributed by atoms with Crippen LogP contribution in [0.5, 0.6) is 5.88 Å². The Morgan fingerprint density at radius 2 is 1.70 bits per heavy atom. The summed E-state index contributed by atoms with van der Waals surface area (Å²) in [6.45, 7) is 1.94. The average molecular weight is 506 g/mol. The molecule has 4 atom stereocenters. The number of hydrogen-bond acceptors (Lipinski definition) is 7. The molecule has 2 aliphatic rings. The van der Waals surface area contributed by atoms with E-state index in [1.807, 2.05) is 48.5 Å². The van der Waals surface area contributed by atoms with E-state index >= 15 is 4.39 Å². The Morgan fingerprint density at radius 1 is 1.00 bits per heavy atom. The summed E-state index contributed by atoms with van der Waals surface area (Å²) >= 11 is 0. The Labute approximate surface area is 213 Å². The fourth-order valence-corrected chi connectivity index (χ4v) is 4.88. The summed E-state index contributed by atoms with van der Waals surface area (Å²) < 4.78 is 37.3. The van der Waals surface area contributed by atoms with Gasteiger partial charge in [-0.25, -0.2) is 9.37 Å². The molecule has 3 N–H and O–H groups in total. The Kier molecular flexibility index (Phi) is 6.52. The van der Waals surface area contributed by atoms with Gasteiger partial charge in [0.25, 0.3) is 0 Å². The molecule has 0 radical (unpaired) electrons. The molecule has 2 aromatic heterocycles. The minimum absolute atomic E-state index is 0.230. The van der Waals surface area contributed by atoms with Crippen LogP contribution < -0.4 is 10.1 Å². The van der Waals surface area contributed by atoms with Gasteiger partial charge in [-0.05, 0) is 23.3 Å². The lowest BCUT2D eigenvalue weighted by atomic mass is 10.0. The van der Waals surface area contributed by atoms with E-state index in [1.54, 1.807) is 13.2 Å². The molecule has 0 amide bonds. The number of ether oxygens (including phenoxy) is 4. The lowest BCUT2D eigenvalue weighted by molar-refractivity contribution is 0.00794. The SMILES string of the molecule is COCCNc1ccc(-c2ccc(-c3nc4cc(O[C@@H]5CO[C@H]6[C@@H]5OC[C@H]6O)[nH]c4cc3F)cc2)cc1. The third-order valence-corrected chi connectivity index (χ3v) is 6.80. The molecule has 2 fully saturated rings. The Hall–Kier alpha value is -3.50. The molecular formula is C28H28FN3O5. The summed E-state index contributed by atoms with van der Waals surface area (Å²) in [7, 11) is 1.68. The van der Waals surface area contributed by atoms with Gasteiger partial charge in [-0.3, -0.25) is 0 Å². The molecule has 0 aliphatic carbocycles. The van der Waals surface area contributed by atoms with Crippen LogP contribution in [-0.2, 0) is 14.2 Å². The lowest BCUT2D eigenvalue weighted by Crippen LogP contribution is -2.34. The number of H-pyrrole nitrogens is 1. The molecule has 0 spiro atoms. The number of aliphatic hydroxyl groups is 1. The van der Waals surface area contributed by atoms with Crippen LogP contribution in [-0.4, -0.2) is 73.0 Å². The van der Waals surface area contributed by atoms with E-state index in [9.17, 15) is 5.11 Å². The zero-order valence-corrected chi connectivity index (χ0v) is 20.3. The molecule has 4 aromatic rings. The average Bonchev–Trinajstić information content (AvgIpc) is 3.61. The molecule has 37 heavy (non-hydrogen) atoms. The van der Waals surface area contributed by atoms with Crippen LogP contribution in [0.15, 0.2) is 60.7 Å². The first-order valence-corrected chi connectivity index (χ1v) is 12.3. The van der Waals surface area contributed by atoms with Gasteiger partial charge in [0.05, 0.1) is 30.9 Å². The van der Waals surface area contributed by atoms with Gasteiger partial charge < -0.3 is 34.4 Å². The number of nitrogens with zero attached hydrogens (tertiary/aromatic N) is 1. The number of rotatable bonds is 8. The highest BCUT2D eigenvalue weighted by atomic mass is 19.1. The number of anilines is 1.